The average Bonchev–Trinajstić information content (AvgIpc) is 2.30. The van der Waals surface area contributed by atoms with Gasteiger partial charge in [-0.05, 0) is 54.0 Å². The minimum Gasteiger partial charge on any atom is -0.459 e. The summed E-state index contributed by atoms with van der Waals surface area (Å²) in [5, 5.41) is 9.42. The molecule has 0 aliphatic carbocycles. The van der Waals surface area contributed by atoms with Crippen LogP contribution in [0.4, 0.5) is 0 Å². The number of hydrogen-bond acceptors (Lipinski definition) is 5. The highest BCUT2D eigenvalue weighted by atomic mass is 16.6. The zero-order chi connectivity index (χ0) is 17.6. The van der Waals surface area contributed by atoms with Gasteiger partial charge in [0.1, 0.15) is 11.2 Å². The van der Waals surface area contributed by atoms with Gasteiger partial charge in [0.2, 0.25) is 0 Å². The molecular formula is C17H25NO4. The Morgan fingerprint density at radius 1 is 1.09 bits per heavy atom. The van der Waals surface area contributed by atoms with Crippen molar-refractivity contribution in [2.75, 3.05) is 0 Å². The molecule has 0 rings (SSSR count). The number of allylic oxidation sites excluding steroid dienone is 1. The lowest BCUT2D eigenvalue weighted by molar-refractivity contribution is -0.161. The maximum atomic E-state index is 12.3. The Balaban J connectivity index is 5.37. The standard InChI is InChI=1S/C17H25NO4/c1-8-10-17(12-18,14(20)22-16(5,6)7)11-9-13(19)21-15(2,3)4/h8-9,11H,1,10H2,2-7H3/b11-9+/t17-/m0/s1. The van der Waals surface area contributed by atoms with E-state index in [2.05, 4.69) is 6.58 Å². The summed E-state index contributed by atoms with van der Waals surface area (Å²) in [6, 6.07) is 1.92. The second-order valence-electron chi connectivity index (χ2n) is 6.94. The van der Waals surface area contributed by atoms with Crippen LogP contribution in [0.15, 0.2) is 24.8 Å². The molecule has 0 bridgehead atoms. The number of nitrogens with zero attached hydrogens (tertiary/aromatic N) is 1. The van der Waals surface area contributed by atoms with Crippen molar-refractivity contribution in [3.8, 4) is 6.07 Å². The Morgan fingerprint density at radius 3 is 1.95 bits per heavy atom. The van der Waals surface area contributed by atoms with E-state index in [0.29, 0.717) is 0 Å². The monoisotopic (exact) mass is 307 g/mol. The second kappa shape index (κ2) is 7.26. The van der Waals surface area contributed by atoms with Gasteiger partial charge in [-0.2, -0.15) is 5.26 Å². The van der Waals surface area contributed by atoms with E-state index in [1.165, 1.54) is 12.2 Å². The molecule has 0 fully saturated rings. The third kappa shape index (κ3) is 7.07. The van der Waals surface area contributed by atoms with Gasteiger partial charge in [0, 0.05) is 6.08 Å². The molecule has 22 heavy (non-hydrogen) atoms. The van der Waals surface area contributed by atoms with Crippen LogP contribution in [-0.4, -0.2) is 23.1 Å². The molecular weight excluding hydrogens is 282 g/mol. The van der Waals surface area contributed by atoms with Crippen molar-refractivity contribution in [2.24, 2.45) is 5.41 Å². The van der Waals surface area contributed by atoms with Gasteiger partial charge in [-0.3, -0.25) is 0 Å². The van der Waals surface area contributed by atoms with Crippen LogP contribution in [-0.2, 0) is 19.1 Å². The van der Waals surface area contributed by atoms with Crippen LogP contribution in [0.2, 0.25) is 0 Å². The van der Waals surface area contributed by atoms with E-state index >= 15 is 0 Å². The Labute approximate surface area is 132 Å². The lowest BCUT2D eigenvalue weighted by Gasteiger charge is -2.26. The number of esters is 2. The predicted octanol–water partition coefficient (Wildman–Crippen LogP) is 3.31. The number of ether oxygens (including phenoxy) is 2. The van der Waals surface area contributed by atoms with E-state index < -0.39 is 28.6 Å². The highest BCUT2D eigenvalue weighted by Gasteiger charge is 2.39. The van der Waals surface area contributed by atoms with Crippen molar-refractivity contribution < 1.29 is 19.1 Å². The molecule has 0 radical (unpaired) electrons. The van der Waals surface area contributed by atoms with Crippen LogP contribution < -0.4 is 0 Å². The molecule has 5 heteroatoms. The van der Waals surface area contributed by atoms with Crippen molar-refractivity contribution in [2.45, 2.75) is 59.2 Å². The van der Waals surface area contributed by atoms with Gasteiger partial charge < -0.3 is 9.47 Å². The molecule has 0 N–H and O–H groups in total. The minimum absolute atomic E-state index is 0.0394. The van der Waals surface area contributed by atoms with E-state index in [-0.39, 0.29) is 6.42 Å². The third-order valence-electron chi connectivity index (χ3n) is 2.34. The van der Waals surface area contributed by atoms with Crippen molar-refractivity contribution in [3.63, 3.8) is 0 Å². The highest BCUT2D eigenvalue weighted by Crippen LogP contribution is 2.28. The average molecular weight is 307 g/mol. The molecule has 1 atom stereocenters. The summed E-state index contributed by atoms with van der Waals surface area (Å²) in [7, 11) is 0. The first-order valence-corrected chi connectivity index (χ1v) is 7.03. The third-order valence-corrected chi connectivity index (χ3v) is 2.34. The van der Waals surface area contributed by atoms with Gasteiger partial charge in [-0.15, -0.1) is 6.58 Å². The quantitative estimate of drug-likeness (QED) is 0.442. The normalized spacial score (nSPS) is 14.8. The zero-order valence-electron chi connectivity index (χ0n) is 14.2. The first kappa shape index (κ1) is 19.9. The van der Waals surface area contributed by atoms with E-state index in [0.717, 1.165) is 6.08 Å². The van der Waals surface area contributed by atoms with Crippen molar-refractivity contribution in [3.05, 3.63) is 24.8 Å². The highest BCUT2D eigenvalue weighted by molar-refractivity contribution is 5.87. The lowest BCUT2D eigenvalue weighted by Crippen LogP contribution is -2.35. The topological polar surface area (TPSA) is 76.4 Å². The Morgan fingerprint density at radius 2 is 1.59 bits per heavy atom. The molecule has 0 spiro atoms. The molecule has 0 heterocycles. The summed E-state index contributed by atoms with van der Waals surface area (Å²) in [5.41, 5.74) is -2.98. The maximum Gasteiger partial charge on any atom is 0.331 e. The van der Waals surface area contributed by atoms with Crippen LogP contribution in [0.3, 0.4) is 0 Å². The zero-order valence-corrected chi connectivity index (χ0v) is 14.2. The number of carbonyl (C=O) groups is 2. The fraction of sp³-hybridized carbons (Fsp3) is 0.588. The summed E-state index contributed by atoms with van der Waals surface area (Å²) >= 11 is 0. The Hall–Kier alpha value is -2.09. The fourth-order valence-electron chi connectivity index (χ4n) is 1.49. The van der Waals surface area contributed by atoms with Gasteiger partial charge in [0.25, 0.3) is 0 Å². The summed E-state index contributed by atoms with van der Waals surface area (Å²) < 4.78 is 10.4. The molecule has 0 aromatic carbocycles. The van der Waals surface area contributed by atoms with Crippen LogP contribution in [0.5, 0.6) is 0 Å². The van der Waals surface area contributed by atoms with Crippen molar-refractivity contribution in [1.29, 1.82) is 5.26 Å². The van der Waals surface area contributed by atoms with Crippen LogP contribution in [0.1, 0.15) is 48.0 Å². The van der Waals surface area contributed by atoms with Crippen LogP contribution in [0, 0.1) is 16.7 Å². The van der Waals surface area contributed by atoms with Gasteiger partial charge in [0.05, 0.1) is 6.07 Å². The number of nitriles is 1. The van der Waals surface area contributed by atoms with E-state index in [1.54, 1.807) is 41.5 Å². The SMILES string of the molecule is C=CC[C@@](C#N)(/C=C/C(=O)OC(C)(C)C)C(=O)OC(C)(C)C. The minimum atomic E-state index is -1.59. The number of hydrogen-bond donors (Lipinski definition) is 0. The molecule has 0 unspecified atom stereocenters. The molecule has 0 aliphatic rings. The number of rotatable bonds is 5. The maximum absolute atomic E-state index is 12.3. The van der Waals surface area contributed by atoms with Crippen LogP contribution >= 0.6 is 0 Å². The van der Waals surface area contributed by atoms with E-state index in [9.17, 15) is 14.9 Å². The fourth-order valence-corrected chi connectivity index (χ4v) is 1.49. The van der Waals surface area contributed by atoms with E-state index in [4.69, 9.17) is 9.47 Å². The van der Waals surface area contributed by atoms with Gasteiger partial charge in [-0.25, -0.2) is 9.59 Å². The molecule has 0 saturated carbocycles. The molecule has 122 valence electrons. The molecule has 0 aromatic rings. The van der Waals surface area contributed by atoms with Crippen molar-refractivity contribution in [1.82, 2.24) is 0 Å². The Bertz CT molecular complexity index is 500. The molecule has 0 saturated heterocycles. The smallest absolute Gasteiger partial charge is 0.331 e. The molecule has 0 aromatic heterocycles. The molecule has 5 nitrogen and oxygen atoms in total. The van der Waals surface area contributed by atoms with Crippen LogP contribution in [0.25, 0.3) is 0 Å². The number of carbonyl (C=O) groups excluding carboxylic acids is 2. The largest absolute Gasteiger partial charge is 0.459 e. The lowest BCUT2D eigenvalue weighted by atomic mass is 9.85. The van der Waals surface area contributed by atoms with E-state index in [1.807, 2.05) is 6.07 Å². The summed E-state index contributed by atoms with van der Waals surface area (Å²) in [5.74, 6) is -1.35. The van der Waals surface area contributed by atoms with Gasteiger partial charge in [0.15, 0.2) is 5.41 Å². The first-order valence-electron chi connectivity index (χ1n) is 7.03. The van der Waals surface area contributed by atoms with Gasteiger partial charge >= 0.3 is 11.9 Å². The molecule has 0 amide bonds. The summed E-state index contributed by atoms with van der Waals surface area (Å²) in [4.78, 5) is 24.0. The predicted molar refractivity (Wildman–Crippen MR) is 83.7 cm³/mol. The second-order valence-corrected chi connectivity index (χ2v) is 6.94. The Kier molecular flexibility index (Phi) is 6.57. The van der Waals surface area contributed by atoms with Gasteiger partial charge in [-0.1, -0.05) is 6.08 Å². The summed E-state index contributed by atoms with van der Waals surface area (Å²) in [6.07, 6.45) is 3.78. The first-order chi connectivity index (χ1) is 9.85. The summed E-state index contributed by atoms with van der Waals surface area (Å²) in [6.45, 7) is 13.9. The molecule has 0 aliphatic heterocycles. The van der Waals surface area contributed by atoms with Crippen molar-refractivity contribution >= 4 is 11.9 Å².